The molecule has 1 aliphatic carbocycles. The maximum Gasteiger partial charge on any atom is 0.358 e. The van der Waals surface area contributed by atoms with Crippen molar-refractivity contribution < 1.29 is 19.0 Å². The molecule has 1 aliphatic rings. The second kappa shape index (κ2) is 6.73. The van der Waals surface area contributed by atoms with E-state index in [0.717, 1.165) is 18.5 Å². The molecular weight excluding hydrogens is 311 g/mol. The average Bonchev–Trinajstić information content (AvgIpc) is 3.28. The molecule has 1 atom stereocenters. The van der Waals surface area contributed by atoms with E-state index >= 15 is 0 Å². The number of carbonyl (C=O) groups is 1. The number of aryl methyl sites for hydroxylation is 1. The van der Waals surface area contributed by atoms with Crippen molar-refractivity contribution in [2.45, 2.75) is 45.3 Å². The Morgan fingerprint density at radius 3 is 2.83 bits per heavy atom. The summed E-state index contributed by atoms with van der Waals surface area (Å²) < 4.78 is 19.9. The van der Waals surface area contributed by atoms with E-state index in [1.54, 1.807) is 30.7 Å². The highest BCUT2D eigenvalue weighted by Crippen LogP contribution is 2.40. The zero-order valence-corrected chi connectivity index (χ0v) is 13.8. The van der Waals surface area contributed by atoms with E-state index in [1.807, 2.05) is 0 Å². The summed E-state index contributed by atoms with van der Waals surface area (Å²) in [5.41, 5.74) is 2.55. The molecule has 0 radical (unpaired) electrons. The van der Waals surface area contributed by atoms with Crippen LogP contribution in [0.15, 0.2) is 24.3 Å². The normalized spacial score (nSPS) is 15.3. The van der Waals surface area contributed by atoms with E-state index in [9.17, 15) is 14.3 Å². The van der Waals surface area contributed by atoms with Crippen LogP contribution in [0.25, 0.3) is 0 Å². The molecule has 1 unspecified atom stereocenters. The lowest BCUT2D eigenvalue weighted by Gasteiger charge is -2.15. The smallest absolute Gasteiger partial charge is 0.358 e. The number of ether oxygens (including phenoxy) is 1. The van der Waals surface area contributed by atoms with Gasteiger partial charge in [-0.3, -0.25) is 4.68 Å². The van der Waals surface area contributed by atoms with E-state index < -0.39 is 12.1 Å². The number of nitrogens with zero attached hydrogens (tertiary/aromatic N) is 2. The van der Waals surface area contributed by atoms with Gasteiger partial charge in [0.2, 0.25) is 0 Å². The van der Waals surface area contributed by atoms with Crippen molar-refractivity contribution in [3.8, 4) is 0 Å². The molecule has 0 bridgehead atoms. The van der Waals surface area contributed by atoms with Gasteiger partial charge in [0.05, 0.1) is 19.3 Å². The highest BCUT2D eigenvalue weighted by molar-refractivity contribution is 5.87. The van der Waals surface area contributed by atoms with Crippen LogP contribution in [0.4, 0.5) is 4.39 Å². The Balaban J connectivity index is 1.84. The van der Waals surface area contributed by atoms with Crippen LogP contribution < -0.4 is 0 Å². The average molecular weight is 332 g/mol. The summed E-state index contributed by atoms with van der Waals surface area (Å²) in [4.78, 5) is 11.9. The molecule has 1 N–H and O–H groups in total. The monoisotopic (exact) mass is 332 g/mol. The number of hydrogen-bond donors (Lipinski definition) is 1. The fraction of sp³-hybridized carbons (Fsp3) is 0.444. The van der Waals surface area contributed by atoms with E-state index in [2.05, 4.69) is 5.10 Å². The van der Waals surface area contributed by atoms with Gasteiger partial charge in [0.1, 0.15) is 5.82 Å². The first kappa shape index (κ1) is 16.6. The summed E-state index contributed by atoms with van der Waals surface area (Å²) in [6, 6.07) is 6.07. The Bertz CT molecular complexity index is 753. The number of halogens is 1. The topological polar surface area (TPSA) is 64.3 Å². The van der Waals surface area contributed by atoms with Crippen LogP contribution in [0.3, 0.4) is 0 Å². The number of benzene rings is 1. The van der Waals surface area contributed by atoms with Crippen molar-refractivity contribution in [2.75, 3.05) is 6.61 Å². The maximum atomic E-state index is 13.2. The number of aliphatic hydroxyl groups excluding tert-OH is 1. The first-order valence-corrected chi connectivity index (χ1v) is 8.18. The van der Waals surface area contributed by atoms with Gasteiger partial charge in [0.15, 0.2) is 5.69 Å². The maximum absolute atomic E-state index is 13.2. The quantitative estimate of drug-likeness (QED) is 0.826. The third-order valence-electron chi connectivity index (χ3n) is 4.23. The molecule has 5 nitrogen and oxygen atoms in total. The van der Waals surface area contributed by atoms with Crippen molar-refractivity contribution in [3.05, 3.63) is 52.6 Å². The minimum Gasteiger partial charge on any atom is -0.461 e. The van der Waals surface area contributed by atoms with E-state index in [1.165, 1.54) is 12.1 Å². The Morgan fingerprint density at radius 1 is 1.46 bits per heavy atom. The lowest BCUT2D eigenvalue weighted by atomic mass is 10.0. The molecule has 1 aromatic heterocycles. The van der Waals surface area contributed by atoms with Gasteiger partial charge in [-0.15, -0.1) is 0 Å². The number of aromatic nitrogens is 2. The summed E-state index contributed by atoms with van der Waals surface area (Å²) in [5.74, 6) is -0.404. The van der Waals surface area contributed by atoms with Crippen LogP contribution in [0.2, 0.25) is 0 Å². The summed E-state index contributed by atoms with van der Waals surface area (Å²) in [6.45, 7) is 4.02. The Hall–Kier alpha value is -2.21. The largest absolute Gasteiger partial charge is 0.461 e. The molecule has 24 heavy (non-hydrogen) atoms. The number of esters is 1. The Kier molecular flexibility index (Phi) is 4.66. The van der Waals surface area contributed by atoms with Gasteiger partial charge in [-0.05, 0) is 56.0 Å². The lowest BCUT2D eigenvalue weighted by Crippen LogP contribution is -2.14. The minimum atomic E-state index is -0.821. The lowest BCUT2D eigenvalue weighted by molar-refractivity contribution is 0.0517. The SMILES string of the molecule is CCOC(=O)c1cc(C2CC2)n(CC(O)c2ccc(F)cc2C)n1. The second-order valence-corrected chi connectivity index (χ2v) is 6.15. The second-order valence-electron chi connectivity index (χ2n) is 6.15. The Morgan fingerprint density at radius 2 is 2.21 bits per heavy atom. The van der Waals surface area contributed by atoms with Crippen molar-refractivity contribution in [3.63, 3.8) is 0 Å². The molecule has 2 aromatic rings. The Labute approximate surface area is 140 Å². The van der Waals surface area contributed by atoms with Gasteiger partial charge in [-0.1, -0.05) is 6.07 Å². The zero-order chi connectivity index (χ0) is 17.3. The van der Waals surface area contributed by atoms with E-state index in [4.69, 9.17) is 4.74 Å². The molecule has 0 amide bonds. The summed E-state index contributed by atoms with van der Waals surface area (Å²) in [5, 5.41) is 14.8. The number of rotatable bonds is 6. The van der Waals surface area contributed by atoms with Crippen LogP contribution >= 0.6 is 0 Å². The summed E-state index contributed by atoms with van der Waals surface area (Å²) in [6.07, 6.45) is 1.29. The van der Waals surface area contributed by atoms with Gasteiger partial charge in [0, 0.05) is 11.6 Å². The van der Waals surface area contributed by atoms with Crippen LogP contribution in [-0.2, 0) is 11.3 Å². The molecule has 0 spiro atoms. The fourth-order valence-electron chi connectivity index (χ4n) is 2.87. The molecule has 1 heterocycles. The molecular formula is C18H21FN2O3. The predicted octanol–water partition coefficient (Wildman–Crippen LogP) is 3.12. The third kappa shape index (κ3) is 3.48. The summed E-state index contributed by atoms with van der Waals surface area (Å²) in [7, 11) is 0. The van der Waals surface area contributed by atoms with Crippen LogP contribution in [0.5, 0.6) is 0 Å². The van der Waals surface area contributed by atoms with E-state index in [0.29, 0.717) is 23.7 Å². The van der Waals surface area contributed by atoms with Crippen LogP contribution in [0, 0.1) is 12.7 Å². The molecule has 0 saturated heterocycles. The zero-order valence-electron chi connectivity index (χ0n) is 13.8. The van der Waals surface area contributed by atoms with Crippen LogP contribution in [0.1, 0.15) is 59.1 Å². The number of hydrogen-bond acceptors (Lipinski definition) is 4. The van der Waals surface area contributed by atoms with Crippen LogP contribution in [-0.4, -0.2) is 27.5 Å². The summed E-state index contributed by atoms with van der Waals surface area (Å²) >= 11 is 0. The molecule has 6 heteroatoms. The molecule has 1 fully saturated rings. The molecule has 1 aromatic carbocycles. The van der Waals surface area contributed by atoms with Crippen molar-refractivity contribution in [2.24, 2.45) is 0 Å². The van der Waals surface area contributed by atoms with E-state index in [-0.39, 0.29) is 18.1 Å². The molecule has 0 aliphatic heterocycles. The van der Waals surface area contributed by atoms with Crippen molar-refractivity contribution >= 4 is 5.97 Å². The molecule has 128 valence electrons. The fourth-order valence-corrected chi connectivity index (χ4v) is 2.87. The standard InChI is InChI=1S/C18H21FN2O3/c1-3-24-18(23)15-9-16(12-4-5-12)21(20-15)10-17(22)14-7-6-13(19)8-11(14)2/h6-9,12,17,22H,3-5,10H2,1-2H3. The molecule has 3 rings (SSSR count). The first-order valence-electron chi connectivity index (χ1n) is 8.18. The first-order chi connectivity index (χ1) is 11.5. The van der Waals surface area contributed by atoms with Crippen molar-refractivity contribution in [1.82, 2.24) is 9.78 Å². The van der Waals surface area contributed by atoms with Gasteiger partial charge in [-0.2, -0.15) is 5.10 Å². The highest BCUT2D eigenvalue weighted by atomic mass is 19.1. The number of carbonyl (C=O) groups excluding carboxylic acids is 1. The van der Waals surface area contributed by atoms with Crippen molar-refractivity contribution in [1.29, 1.82) is 0 Å². The minimum absolute atomic E-state index is 0.220. The number of aliphatic hydroxyl groups is 1. The predicted molar refractivity (Wildman–Crippen MR) is 86.3 cm³/mol. The van der Waals surface area contributed by atoms with Gasteiger partial charge >= 0.3 is 5.97 Å². The van der Waals surface area contributed by atoms with Gasteiger partial charge in [0.25, 0.3) is 0 Å². The third-order valence-corrected chi connectivity index (χ3v) is 4.23. The molecule has 1 saturated carbocycles. The highest BCUT2D eigenvalue weighted by Gasteiger charge is 2.30. The van der Waals surface area contributed by atoms with Gasteiger partial charge in [-0.25, -0.2) is 9.18 Å². The van der Waals surface area contributed by atoms with Gasteiger partial charge < -0.3 is 9.84 Å².